The van der Waals surface area contributed by atoms with Gasteiger partial charge < -0.3 is 0 Å². The fraction of sp³-hybridized carbons (Fsp3) is 0.133. The molecule has 0 aliphatic rings. The molecule has 3 aromatic rings. The number of aromatic nitrogens is 2. The normalized spacial score (nSPS) is 10.6. The van der Waals surface area contributed by atoms with Crippen molar-refractivity contribution in [2.45, 2.75) is 13.5 Å². The second-order valence-electron chi connectivity index (χ2n) is 4.48. The first-order valence-electron chi connectivity index (χ1n) is 6.12. The van der Waals surface area contributed by atoms with Crippen LogP contribution in [0, 0.1) is 18.3 Å². The molecular formula is C15H11N3OS. The number of hydrogen-bond acceptors (Lipinski definition) is 4. The zero-order valence-electron chi connectivity index (χ0n) is 10.8. The molecule has 2 heterocycles. The first-order valence-corrected chi connectivity index (χ1v) is 7.00. The maximum absolute atomic E-state index is 12.2. The summed E-state index contributed by atoms with van der Waals surface area (Å²) in [6.07, 6.45) is 1.45. The van der Waals surface area contributed by atoms with Crippen LogP contribution in [0.1, 0.15) is 5.56 Å². The Balaban J connectivity index is 2.27. The molecule has 0 unspecified atom stereocenters. The van der Waals surface area contributed by atoms with Crippen LogP contribution in [0.25, 0.3) is 21.3 Å². The SMILES string of the molecule is Cc1ccccc1-c1csc2c(=O)n(CC#N)cnc12. The highest BCUT2D eigenvalue weighted by Gasteiger charge is 2.13. The van der Waals surface area contributed by atoms with Crippen molar-refractivity contribution in [3.05, 3.63) is 51.9 Å². The van der Waals surface area contributed by atoms with E-state index in [9.17, 15) is 4.79 Å². The molecular weight excluding hydrogens is 270 g/mol. The standard InChI is InChI=1S/C15H11N3OS/c1-10-4-2-3-5-11(10)12-8-20-14-13(12)17-9-18(7-6-16)15(14)19/h2-5,8-9H,7H2,1H3. The van der Waals surface area contributed by atoms with Crippen LogP contribution in [0.3, 0.4) is 0 Å². The van der Waals surface area contributed by atoms with Crippen molar-refractivity contribution >= 4 is 21.6 Å². The van der Waals surface area contributed by atoms with E-state index in [1.165, 1.54) is 22.2 Å². The number of hydrogen-bond donors (Lipinski definition) is 0. The van der Waals surface area contributed by atoms with E-state index in [1.807, 2.05) is 42.6 Å². The van der Waals surface area contributed by atoms with Crippen molar-refractivity contribution < 1.29 is 0 Å². The van der Waals surface area contributed by atoms with Crippen molar-refractivity contribution in [3.63, 3.8) is 0 Å². The van der Waals surface area contributed by atoms with Gasteiger partial charge in [0.15, 0.2) is 0 Å². The zero-order valence-corrected chi connectivity index (χ0v) is 11.6. The molecule has 0 atom stereocenters. The second-order valence-corrected chi connectivity index (χ2v) is 5.36. The van der Waals surface area contributed by atoms with Crippen molar-refractivity contribution in [2.24, 2.45) is 0 Å². The van der Waals surface area contributed by atoms with Gasteiger partial charge in [-0.15, -0.1) is 11.3 Å². The Labute approximate surface area is 119 Å². The number of nitrogens with zero attached hydrogens (tertiary/aromatic N) is 3. The van der Waals surface area contributed by atoms with Gasteiger partial charge in [0.2, 0.25) is 0 Å². The number of fused-ring (bicyclic) bond motifs is 1. The molecule has 0 saturated heterocycles. The van der Waals surface area contributed by atoms with Gasteiger partial charge in [0.05, 0.1) is 17.9 Å². The van der Waals surface area contributed by atoms with E-state index in [-0.39, 0.29) is 12.1 Å². The lowest BCUT2D eigenvalue weighted by atomic mass is 10.0. The summed E-state index contributed by atoms with van der Waals surface area (Å²) in [7, 11) is 0. The molecule has 0 saturated carbocycles. The third kappa shape index (κ3) is 1.91. The number of aryl methyl sites for hydroxylation is 1. The minimum Gasteiger partial charge on any atom is -0.284 e. The van der Waals surface area contributed by atoms with E-state index in [2.05, 4.69) is 4.98 Å². The van der Waals surface area contributed by atoms with Gasteiger partial charge in [0, 0.05) is 10.9 Å². The fourth-order valence-electron chi connectivity index (χ4n) is 2.20. The molecule has 0 aliphatic heterocycles. The van der Waals surface area contributed by atoms with Gasteiger partial charge in [-0.2, -0.15) is 5.26 Å². The highest BCUT2D eigenvalue weighted by molar-refractivity contribution is 7.17. The summed E-state index contributed by atoms with van der Waals surface area (Å²) >= 11 is 1.38. The zero-order chi connectivity index (χ0) is 14.1. The highest BCUT2D eigenvalue weighted by Crippen LogP contribution is 2.32. The lowest BCUT2D eigenvalue weighted by Crippen LogP contribution is -2.18. The summed E-state index contributed by atoms with van der Waals surface area (Å²) < 4.78 is 1.93. The molecule has 0 radical (unpaired) electrons. The number of thiophene rings is 1. The first kappa shape index (κ1) is 12.6. The molecule has 0 spiro atoms. The van der Waals surface area contributed by atoms with E-state index in [1.54, 1.807) is 0 Å². The molecule has 0 aliphatic carbocycles. The molecule has 20 heavy (non-hydrogen) atoms. The number of benzene rings is 1. The van der Waals surface area contributed by atoms with Crippen LogP contribution in [0.2, 0.25) is 0 Å². The maximum atomic E-state index is 12.2. The van der Waals surface area contributed by atoms with Gasteiger partial charge in [-0.25, -0.2) is 4.98 Å². The third-order valence-electron chi connectivity index (χ3n) is 3.22. The molecule has 0 N–H and O–H groups in total. The predicted molar refractivity (Wildman–Crippen MR) is 79.7 cm³/mol. The van der Waals surface area contributed by atoms with Crippen LogP contribution in [-0.4, -0.2) is 9.55 Å². The van der Waals surface area contributed by atoms with Gasteiger partial charge >= 0.3 is 0 Å². The van der Waals surface area contributed by atoms with Gasteiger partial charge in [-0.05, 0) is 18.1 Å². The van der Waals surface area contributed by atoms with Crippen LogP contribution in [0.4, 0.5) is 0 Å². The summed E-state index contributed by atoms with van der Waals surface area (Å²) in [6, 6.07) is 9.99. The molecule has 98 valence electrons. The molecule has 0 fully saturated rings. The fourth-order valence-corrected chi connectivity index (χ4v) is 3.16. The summed E-state index contributed by atoms with van der Waals surface area (Å²) in [4.78, 5) is 16.6. The lowest BCUT2D eigenvalue weighted by molar-refractivity contribution is 0.777. The quantitative estimate of drug-likeness (QED) is 0.725. The van der Waals surface area contributed by atoms with Gasteiger partial charge in [0.1, 0.15) is 11.2 Å². The molecule has 0 bridgehead atoms. The Kier molecular flexibility index (Phi) is 3.09. The number of nitriles is 1. The van der Waals surface area contributed by atoms with Crippen molar-refractivity contribution in [1.29, 1.82) is 5.26 Å². The average Bonchev–Trinajstić information content (AvgIpc) is 2.87. The largest absolute Gasteiger partial charge is 0.284 e. The van der Waals surface area contributed by atoms with Crippen molar-refractivity contribution in [3.8, 4) is 17.2 Å². The van der Waals surface area contributed by atoms with Gasteiger partial charge in [0.25, 0.3) is 5.56 Å². The molecule has 0 amide bonds. The Hall–Kier alpha value is -2.45. The molecule has 5 heteroatoms. The highest BCUT2D eigenvalue weighted by atomic mass is 32.1. The monoisotopic (exact) mass is 281 g/mol. The molecule has 4 nitrogen and oxygen atoms in total. The van der Waals surface area contributed by atoms with E-state index in [4.69, 9.17) is 5.26 Å². The van der Waals surface area contributed by atoms with E-state index < -0.39 is 0 Å². The summed E-state index contributed by atoms with van der Waals surface area (Å²) in [6.45, 7) is 2.06. The third-order valence-corrected chi connectivity index (χ3v) is 4.18. The summed E-state index contributed by atoms with van der Waals surface area (Å²) in [5, 5.41) is 10.7. The van der Waals surface area contributed by atoms with Crippen LogP contribution < -0.4 is 5.56 Å². The smallest absolute Gasteiger partial charge is 0.272 e. The Morgan fingerprint density at radius 1 is 1.35 bits per heavy atom. The lowest BCUT2D eigenvalue weighted by Gasteiger charge is -2.04. The minimum atomic E-state index is -0.151. The van der Waals surface area contributed by atoms with Crippen molar-refractivity contribution in [2.75, 3.05) is 0 Å². The minimum absolute atomic E-state index is 0.0272. The Bertz CT molecular complexity index is 886. The average molecular weight is 281 g/mol. The van der Waals surface area contributed by atoms with Crippen LogP contribution in [0.5, 0.6) is 0 Å². The topological polar surface area (TPSA) is 58.7 Å². The summed E-state index contributed by atoms with van der Waals surface area (Å²) in [5.41, 5.74) is 3.77. The van der Waals surface area contributed by atoms with Crippen molar-refractivity contribution in [1.82, 2.24) is 9.55 Å². The van der Waals surface area contributed by atoms with E-state index in [0.29, 0.717) is 10.2 Å². The van der Waals surface area contributed by atoms with Crippen LogP contribution in [0.15, 0.2) is 40.8 Å². The maximum Gasteiger partial charge on any atom is 0.272 e. The Morgan fingerprint density at radius 3 is 2.90 bits per heavy atom. The predicted octanol–water partition coefficient (Wildman–Crippen LogP) is 2.96. The summed E-state index contributed by atoms with van der Waals surface area (Å²) in [5.74, 6) is 0. The van der Waals surface area contributed by atoms with E-state index >= 15 is 0 Å². The molecule has 1 aromatic carbocycles. The first-order chi connectivity index (χ1) is 9.72. The molecule has 2 aromatic heterocycles. The van der Waals surface area contributed by atoms with Crippen LogP contribution in [-0.2, 0) is 6.54 Å². The Morgan fingerprint density at radius 2 is 2.15 bits per heavy atom. The number of rotatable bonds is 2. The molecule has 3 rings (SSSR count). The van der Waals surface area contributed by atoms with Gasteiger partial charge in [-0.1, -0.05) is 24.3 Å². The van der Waals surface area contributed by atoms with Crippen LogP contribution >= 0.6 is 11.3 Å². The van der Waals surface area contributed by atoms with Gasteiger partial charge in [-0.3, -0.25) is 9.36 Å². The second kappa shape index (κ2) is 4.91. The van der Waals surface area contributed by atoms with E-state index in [0.717, 1.165) is 16.7 Å².